The normalized spacial score (nSPS) is 23.6. The average Bonchev–Trinajstić information content (AvgIpc) is 2.18. The molecule has 0 saturated carbocycles. The van der Waals surface area contributed by atoms with Crippen LogP contribution in [0.4, 0.5) is 0 Å². The molecule has 4 heteroatoms. The minimum Gasteiger partial charge on any atom is -0.385 e. The van der Waals surface area contributed by atoms with Gasteiger partial charge in [-0.25, -0.2) is 0 Å². The molecule has 4 nitrogen and oxygen atoms in total. The van der Waals surface area contributed by atoms with Crippen molar-refractivity contribution in [3.8, 4) is 0 Å². The first-order valence-electron chi connectivity index (χ1n) is 5.30. The van der Waals surface area contributed by atoms with E-state index in [1.165, 1.54) is 0 Å². The largest absolute Gasteiger partial charge is 0.385 e. The predicted molar refractivity (Wildman–Crippen MR) is 55.2 cm³/mol. The van der Waals surface area contributed by atoms with Gasteiger partial charge in [0.25, 0.3) is 0 Å². The molecule has 0 aliphatic carbocycles. The number of nitrogens with zero attached hydrogens (tertiary/aromatic N) is 1. The summed E-state index contributed by atoms with van der Waals surface area (Å²) in [5.74, 6) is 0.177. The summed E-state index contributed by atoms with van der Waals surface area (Å²) in [6.45, 7) is 5.53. The number of rotatable bonds is 5. The lowest BCUT2D eigenvalue weighted by Crippen LogP contribution is -2.55. The van der Waals surface area contributed by atoms with Crippen molar-refractivity contribution in [3.05, 3.63) is 0 Å². The second kappa shape index (κ2) is 5.98. The third kappa shape index (κ3) is 2.96. The van der Waals surface area contributed by atoms with Crippen LogP contribution < -0.4 is 5.32 Å². The van der Waals surface area contributed by atoms with Gasteiger partial charge in [-0.15, -0.1) is 0 Å². The molecule has 0 aromatic heterocycles. The molecule has 1 aliphatic rings. The van der Waals surface area contributed by atoms with Crippen molar-refractivity contribution in [3.63, 3.8) is 0 Å². The molecule has 1 unspecified atom stereocenters. The predicted octanol–water partition coefficient (Wildman–Crippen LogP) is 0.233. The quantitative estimate of drug-likeness (QED) is 0.646. The minimum absolute atomic E-state index is 0.0700. The van der Waals surface area contributed by atoms with Gasteiger partial charge in [0.1, 0.15) is 0 Å². The van der Waals surface area contributed by atoms with Gasteiger partial charge in [0.2, 0.25) is 5.91 Å². The van der Waals surface area contributed by atoms with Gasteiger partial charge in [0.15, 0.2) is 0 Å². The van der Waals surface area contributed by atoms with E-state index in [2.05, 4.69) is 17.1 Å². The molecule has 1 heterocycles. The van der Waals surface area contributed by atoms with Crippen LogP contribution in [0.15, 0.2) is 0 Å². The van der Waals surface area contributed by atoms with Gasteiger partial charge in [0, 0.05) is 33.4 Å². The Morgan fingerprint density at radius 3 is 3.07 bits per heavy atom. The minimum atomic E-state index is 0.0700. The maximum Gasteiger partial charge on any atom is 0.237 e. The lowest BCUT2D eigenvalue weighted by molar-refractivity contribution is -0.129. The third-order valence-corrected chi connectivity index (χ3v) is 2.62. The molecule has 1 saturated heterocycles. The highest BCUT2D eigenvalue weighted by molar-refractivity contribution is 5.82. The first-order valence-corrected chi connectivity index (χ1v) is 5.30. The SMILES string of the molecule is CCC1C(=O)NCCN1CCCOC. The van der Waals surface area contributed by atoms with E-state index in [0.717, 1.165) is 39.1 Å². The summed E-state index contributed by atoms with van der Waals surface area (Å²) in [5.41, 5.74) is 0. The molecule has 0 bridgehead atoms. The number of piperazine rings is 1. The van der Waals surface area contributed by atoms with E-state index in [1.807, 2.05) is 0 Å². The van der Waals surface area contributed by atoms with Gasteiger partial charge >= 0.3 is 0 Å². The number of carbonyl (C=O) groups is 1. The van der Waals surface area contributed by atoms with Crippen LogP contribution in [-0.4, -0.2) is 50.2 Å². The van der Waals surface area contributed by atoms with Gasteiger partial charge in [-0.1, -0.05) is 6.92 Å². The maximum absolute atomic E-state index is 11.5. The zero-order chi connectivity index (χ0) is 10.4. The molecule has 14 heavy (non-hydrogen) atoms. The van der Waals surface area contributed by atoms with Crippen molar-refractivity contribution in [2.45, 2.75) is 25.8 Å². The maximum atomic E-state index is 11.5. The van der Waals surface area contributed by atoms with Crippen LogP contribution in [0.5, 0.6) is 0 Å². The lowest BCUT2D eigenvalue weighted by Gasteiger charge is -2.34. The number of carbonyl (C=O) groups excluding carboxylic acids is 1. The Kier molecular flexibility index (Phi) is 4.90. The van der Waals surface area contributed by atoms with Crippen LogP contribution in [0.25, 0.3) is 0 Å². The number of nitrogens with one attached hydrogen (secondary N) is 1. The van der Waals surface area contributed by atoms with Crippen molar-refractivity contribution in [1.29, 1.82) is 0 Å². The van der Waals surface area contributed by atoms with E-state index < -0.39 is 0 Å². The molecule has 0 spiro atoms. The van der Waals surface area contributed by atoms with Gasteiger partial charge in [0.05, 0.1) is 6.04 Å². The second-order valence-corrected chi connectivity index (χ2v) is 3.60. The van der Waals surface area contributed by atoms with Crippen molar-refractivity contribution in [2.24, 2.45) is 0 Å². The zero-order valence-corrected chi connectivity index (χ0v) is 9.08. The molecule has 1 aliphatic heterocycles. The number of ether oxygens (including phenoxy) is 1. The van der Waals surface area contributed by atoms with E-state index in [9.17, 15) is 4.79 Å². The van der Waals surface area contributed by atoms with E-state index >= 15 is 0 Å². The van der Waals surface area contributed by atoms with E-state index in [0.29, 0.717) is 0 Å². The van der Waals surface area contributed by atoms with Gasteiger partial charge in [-0.3, -0.25) is 9.69 Å². The van der Waals surface area contributed by atoms with Crippen LogP contribution in [0.1, 0.15) is 19.8 Å². The van der Waals surface area contributed by atoms with Gasteiger partial charge < -0.3 is 10.1 Å². The van der Waals surface area contributed by atoms with E-state index in [1.54, 1.807) is 7.11 Å². The summed E-state index contributed by atoms with van der Waals surface area (Å²) < 4.78 is 5.00. The summed E-state index contributed by atoms with van der Waals surface area (Å²) in [6.07, 6.45) is 1.89. The second-order valence-electron chi connectivity index (χ2n) is 3.60. The number of hydrogen-bond acceptors (Lipinski definition) is 3. The fraction of sp³-hybridized carbons (Fsp3) is 0.900. The fourth-order valence-electron chi connectivity index (χ4n) is 1.89. The Bertz CT molecular complexity index is 185. The molecular weight excluding hydrogens is 180 g/mol. The Morgan fingerprint density at radius 1 is 1.64 bits per heavy atom. The molecular formula is C10H20N2O2. The van der Waals surface area contributed by atoms with Crippen LogP contribution in [-0.2, 0) is 9.53 Å². The number of methoxy groups -OCH3 is 1. The first kappa shape index (κ1) is 11.5. The highest BCUT2D eigenvalue weighted by atomic mass is 16.5. The Morgan fingerprint density at radius 2 is 2.43 bits per heavy atom. The summed E-state index contributed by atoms with van der Waals surface area (Å²) in [4.78, 5) is 13.7. The fourth-order valence-corrected chi connectivity index (χ4v) is 1.89. The number of amides is 1. The van der Waals surface area contributed by atoms with Crippen molar-refractivity contribution in [1.82, 2.24) is 10.2 Å². The summed E-state index contributed by atoms with van der Waals surface area (Å²) in [7, 11) is 1.71. The number of hydrogen-bond donors (Lipinski definition) is 1. The van der Waals surface area contributed by atoms with Gasteiger partial charge in [-0.05, 0) is 12.8 Å². The molecule has 82 valence electrons. The Hall–Kier alpha value is -0.610. The molecule has 1 rings (SSSR count). The molecule has 0 radical (unpaired) electrons. The van der Waals surface area contributed by atoms with E-state index in [4.69, 9.17) is 4.74 Å². The van der Waals surface area contributed by atoms with E-state index in [-0.39, 0.29) is 11.9 Å². The Balaban J connectivity index is 2.36. The highest BCUT2D eigenvalue weighted by Crippen LogP contribution is 2.08. The molecule has 0 aromatic rings. The summed E-state index contributed by atoms with van der Waals surface area (Å²) >= 11 is 0. The van der Waals surface area contributed by atoms with Crippen LogP contribution in [0.2, 0.25) is 0 Å². The smallest absolute Gasteiger partial charge is 0.237 e. The molecule has 1 amide bonds. The van der Waals surface area contributed by atoms with Crippen molar-refractivity contribution >= 4 is 5.91 Å². The van der Waals surface area contributed by atoms with Gasteiger partial charge in [-0.2, -0.15) is 0 Å². The molecule has 0 aromatic carbocycles. The summed E-state index contributed by atoms with van der Waals surface area (Å²) in [6, 6.07) is 0.0700. The zero-order valence-electron chi connectivity index (χ0n) is 9.08. The highest BCUT2D eigenvalue weighted by Gasteiger charge is 2.26. The van der Waals surface area contributed by atoms with Crippen molar-refractivity contribution < 1.29 is 9.53 Å². The third-order valence-electron chi connectivity index (χ3n) is 2.62. The Labute approximate surface area is 85.6 Å². The van der Waals surface area contributed by atoms with Crippen molar-refractivity contribution in [2.75, 3.05) is 33.4 Å². The van der Waals surface area contributed by atoms with Crippen LogP contribution >= 0.6 is 0 Å². The molecule has 1 atom stereocenters. The lowest BCUT2D eigenvalue weighted by atomic mass is 10.1. The summed E-state index contributed by atoms with van der Waals surface area (Å²) in [5, 5.41) is 2.89. The average molecular weight is 200 g/mol. The molecule has 1 fully saturated rings. The molecule has 1 N–H and O–H groups in total. The van der Waals surface area contributed by atoms with Crippen LogP contribution in [0, 0.1) is 0 Å². The topological polar surface area (TPSA) is 41.6 Å². The first-order chi connectivity index (χ1) is 6.79. The monoisotopic (exact) mass is 200 g/mol. The van der Waals surface area contributed by atoms with Crippen LogP contribution in [0.3, 0.4) is 0 Å². The standard InChI is InChI=1S/C10H20N2O2/c1-3-9-10(13)11-5-7-12(9)6-4-8-14-2/h9H,3-8H2,1-2H3,(H,11,13).